The second-order valence-corrected chi connectivity index (χ2v) is 6.44. The van der Waals surface area contributed by atoms with Gasteiger partial charge < -0.3 is 10.6 Å². The zero-order valence-corrected chi connectivity index (χ0v) is 14.5. The van der Waals surface area contributed by atoms with E-state index in [0.29, 0.717) is 12.2 Å². The molecular weight excluding hydrogens is 341 g/mol. The highest BCUT2D eigenvalue weighted by Gasteiger charge is 2.32. The minimum atomic E-state index is -0.593. The molecule has 1 heterocycles. The molecule has 0 radical (unpaired) electrons. The van der Waals surface area contributed by atoms with Gasteiger partial charge in [0, 0.05) is 11.4 Å². The van der Waals surface area contributed by atoms with Gasteiger partial charge in [0.15, 0.2) is 0 Å². The molecule has 2 atom stereocenters. The van der Waals surface area contributed by atoms with E-state index in [1.165, 1.54) is 11.0 Å². The number of hydrazine groups is 2. The summed E-state index contributed by atoms with van der Waals surface area (Å²) < 4.78 is 13.8. The van der Waals surface area contributed by atoms with Crippen LogP contribution < -0.4 is 27.0 Å². The SMILES string of the molecule is CSc1ccc(CNC(=O)C2NNNC2Nc2ccccc2F)cc1. The smallest absolute Gasteiger partial charge is 0.242 e. The molecule has 8 heteroatoms. The van der Waals surface area contributed by atoms with Crippen molar-refractivity contribution >= 4 is 23.4 Å². The zero-order valence-electron chi connectivity index (χ0n) is 13.7. The van der Waals surface area contributed by atoms with Crippen LogP contribution in [-0.4, -0.2) is 24.4 Å². The van der Waals surface area contributed by atoms with Gasteiger partial charge in [0.2, 0.25) is 5.91 Å². The van der Waals surface area contributed by atoms with Crippen LogP contribution in [0.3, 0.4) is 0 Å². The molecule has 132 valence electrons. The lowest BCUT2D eigenvalue weighted by atomic mass is 10.2. The molecule has 5 N–H and O–H groups in total. The number of hydrogen-bond acceptors (Lipinski definition) is 6. The van der Waals surface area contributed by atoms with E-state index in [-0.39, 0.29) is 11.7 Å². The topological polar surface area (TPSA) is 77.2 Å². The zero-order chi connectivity index (χ0) is 17.6. The van der Waals surface area contributed by atoms with Gasteiger partial charge in [-0.3, -0.25) is 4.79 Å². The highest BCUT2D eigenvalue weighted by Crippen LogP contribution is 2.16. The normalized spacial score (nSPS) is 19.6. The maximum Gasteiger partial charge on any atom is 0.242 e. The summed E-state index contributed by atoms with van der Waals surface area (Å²) >= 11 is 1.67. The van der Waals surface area contributed by atoms with E-state index in [4.69, 9.17) is 0 Å². The number of para-hydroxylation sites is 1. The largest absolute Gasteiger partial charge is 0.365 e. The average molecular weight is 361 g/mol. The maximum atomic E-state index is 13.8. The lowest BCUT2D eigenvalue weighted by Crippen LogP contribution is -2.50. The van der Waals surface area contributed by atoms with Gasteiger partial charge in [0.05, 0.1) is 5.69 Å². The Morgan fingerprint density at radius 3 is 2.64 bits per heavy atom. The molecule has 0 aliphatic carbocycles. The Morgan fingerprint density at radius 1 is 1.16 bits per heavy atom. The van der Waals surface area contributed by atoms with Gasteiger partial charge in [-0.15, -0.1) is 11.8 Å². The number of thioether (sulfide) groups is 1. The van der Waals surface area contributed by atoms with Gasteiger partial charge in [0.1, 0.15) is 18.0 Å². The van der Waals surface area contributed by atoms with Crippen molar-refractivity contribution in [2.45, 2.75) is 23.6 Å². The van der Waals surface area contributed by atoms with Gasteiger partial charge in [-0.25, -0.2) is 15.2 Å². The molecule has 0 spiro atoms. The Balaban J connectivity index is 1.57. The molecule has 3 rings (SSSR count). The molecule has 0 aromatic heterocycles. The summed E-state index contributed by atoms with van der Waals surface area (Å²) in [5.74, 6) is -0.565. The van der Waals surface area contributed by atoms with Crippen molar-refractivity contribution in [3.8, 4) is 0 Å². The van der Waals surface area contributed by atoms with Crippen molar-refractivity contribution in [2.24, 2.45) is 0 Å². The molecule has 25 heavy (non-hydrogen) atoms. The summed E-state index contributed by atoms with van der Waals surface area (Å²) in [6, 6.07) is 13.8. The predicted octanol–water partition coefficient (Wildman–Crippen LogP) is 1.58. The summed E-state index contributed by atoms with van der Waals surface area (Å²) in [6.45, 7) is 0.429. The van der Waals surface area contributed by atoms with E-state index in [1.807, 2.05) is 30.5 Å². The molecule has 2 aromatic rings. The molecule has 1 amide bonds. The van der Waals surface area contributed by atoms with Crippen LogP contribution in [0.5, 0.6) is 0 Å². The average Bonchev–Trinajstić information content (AvgIpc) is 3.10. The van der Waals surface area contributed by atoms with Crippen LogP contribution in [0.4, 0.5) is 10.1 Å². The molecule has 0 saturated carbocycles. The van der Waals surface area contributed by atoms with Crippen LogP contribution in [0.2, 0.25) is 0 Å². The number of nitrogens with one attached hydrogen (secondary N) is 5. The van der Waals surface area contributed by atoms with Gasteiger partial charge in [0.25, 0.3) is 0 Å². The molecular formula is C17H20FN5OS. The molecule has 2 aromatic carbocycles. The summed E-state index contributed by atoms with van der Waals surface area (Å²) in [6.07, 6.45) is 1.53. The van der Waals surface area contributed by atoms with Crippen molar-refractivity contribution in [3.63, 3.8) is 0 Å². The first-order valence-corrected chi connectivity index (χ1v) is 9.07. The third-order valence-corrected chi connectivity index (χ3v) is 4.63. The van der Waals surface area contributed by atoms with Crippen molar-refractivity contribution in [1.29, 1.82) is 0 Å². The van der Waals surface area contributed by atoms with Gasteiger partial charge in [-0.05, 0) is 36.1 Å². The summed E-state index contributed by atoms with van der Waals surface area (Å²) in [5.41, 5.74) is 9.77. The summed E-state index contributed by atoms with van der Waals surface area (Å²) in [4.78, 5) is 13.6. The van der Waals surface area contributed by atoms with Crippen molar-refractivity contribution in [1.82, 2.24) is 21.7 Å². The number of hydrogen-bond donors (Lipinski definition) is 5. The van der Waals surface area contributed by atoms with Crippen LogP contribution in [0.15, 0.2) is 53.4 Å². The fourth-order valence-electron chi connectivity index (χ4n) is 2.49. The molecule has 1 aliphatic rings. The first-order valence-electron chi connectivity index (χ1n) is 7.85. The van der Waals surface area contributed by atoms with Crippen LogP contribution >= 0.6 is 11.8 Å². The molecule has 2 unspecified atom stereocenters. The van der Waals surface area contributed by atoms with E-state index in [0.717, 1.165) is 5.56 Å². The Hall–Kier alpha value is -2.13. The van der Waals surface area contributed by atoms with Crippen molar-refractivity contribution < 1.29 is 9.18 Å². The molecule has 1 saturated heterocycles. The Labute approximate surface area is 149 Å². The predicted molar refractivity (Wildman–Crippen MR) is 97.1 cm³/mol. The van der Waals surface area contributed by atoms with Gasteiger partial charge >= 0.3 is 0 Å². The molecule has 0 bridgehead atoms. The number of benzene rings is 2. The quantitative estimate of drug-likeness (QED) is 0.503. The molecule has 6 nitrogen and oxygen atoms in total. The Kier molecular flexibility index (Phi) is 5.87. The van der Waals surface area contributed by atoms with E-state index >= 15 is 0 Å². The lowest BCUT2D eigenvalue weighted by molar-refractivity contribution is -0.123. The summed E-state index contributed by atoms with van der Waals surface area (Å²) in [7, 11) is 0. The first kappa shape index (κ1) is 17.7. The first-order chi connectivity index (χ1) is 12.2. The number of rotatable bonds is 6. The van der Waals surface area contributed by atoms with E-state index < -0.39 is 12.2 Å². The number of carbonyl (C=O) groups is 1. The third-order valence-electron chi connectivity index (χ3n) is 3.88. The highest BCUT2D eigenvalue weighted by molar-refractivity contribution is 7.98. The van der Waals surface area contributed by atoms with Crippen LogP contribution in [0.1, 0.15) is 5.56 Å². The minimum absolute atomic E-state index is 0.194. The fraction of sp³-hybridized carbons (Fsp3) is 0.235. The van der Waals surface area contributed by atoms with Crippen LogP contribution in [0, 0.1) is 5.82 Å². The minimum Gasteiger partial charge on any atom is -0.365 e. The third kappa shape index (κ3) is 4.49. The van der Waals surface area contributed by atoms with Crippen LogP contribution in [0.25, 0.3) is 0 Å². The maximum absolute atomic E-state index is 13.8. The number of amides is 1. The molecule has 1 aliphatic heterocycles. The van der Waals surface area contributed by atoms with Gasteiger partial charge in [-0.2, -0.15) is 5.53 Å². The summed E-state index contributed by atoms with van der Waals surface area (Å²) in [5, 5.41) is 5.87. The number of halogens is 1. The fourth-order valence-corrected chi connectivity index (χ4v) is 2.90. The Bertz CT molecular complexity index is 727. The van der Waals surface area contributed by atoms with E-state index in [1.54, 1.807) is 30.0 Å². The van der Waals surface area contributed by atoms with Crippen molar-refractivity contribution in [2.75, 3.05) is 11.6 Å². The second kappa shape index (κ2) is 8.30. The highest BCUT2D eigenvalue weighted by atomic mass is 32.2. The van der Waals surface area contributed by atoms with E-state index in [2.05, 4.69) is 27.0 Å². The number of anilines is 1. The van der Waals surface area contributed by atoms with E-state index in [9.17, 15) is 9.18 Å². The van der Waals surface area contributed by atoms with Crippen molar-refractivity contribution in [3.05, 3.63) is 59.9 Å². The molecule has 1 fully saturated rings. The van der Waals surface area contributed by atoms with Crippen LogP contribution in [-0.2, 0) is 11.3 Å². The second-order valence-electron chi connectivity index (χ2n) is 5.56. The monoisotopic (exact) mass is 361 g/mol. The Morgan fingerprint density at radius 2 is 1.92 bits per heavy atom. The standard InChI is InChI=1S/C17H20FN5OS/c1-25-12-8-6-11(7-9-12)10-19-17(24)15-16(22-23-21-15)20-14-5-3-2-4-13(14)18/h2-9,15-16,20-23H,10H2,1H3,(H,19,24). The lowest BCUT2D eigenvalue weighted by Gasteiger charge is -2.20. The van der Waals surface area contributed by atoms with Gasteiger partial charge in [-0.1, -0.05) is 24.3 Å². The number of carbonyl (C=O) groups excluding carboxylic acids is 1.